The second kappa shape index (κ2) is 12.8. The second-order valence-corrected chi connectivity index (χ2v) is 6.71. The summed E-state index contributed by atoms with van der Waals surface area (Å²) < 4.78 is 13.5. The molecule has 0 amide bonds. The first-order chi connectivity index (χ1) is 13.3. The van der Waals surface area contributed by atoms with Crippen molar-refractivity contribution in [3.63, 3.8) is 0 Å². The van der Waals surface area contributed by atoms with Crippen LogP contribution in [0.25, 0.3) is 0 Å². The Bertz CT molecular complexity index is 683. The Morgan fingerprint density at radius 3 is 2.46 bits per heavy atom. The van der Waals surface area contributed by atoms with Crippen LogP contribution in [-0.2, 0) is 29.2 Å². The lowest BCUT2D eigenvalue weighted by atomic mass is 10.1. The van der Waals surface area contributed by atoms with Gasteiger partial charge in [0.2, 0.25) is 0 Å². The largest absolute Gasteiger partial charge is 0.381 e. The highest BCUT2D eigenvalue weighted by atomic mass is 127. The minimum atomic E-state index is 0. The fourth-order valence-corrected chi connectivity index (χ4v) is 3.04. The molecule has 1 aliphatic heterocycles. The van der Waals surface area contributed by atoms with Gasteiger partial charge in [-0.1, -0.05) is 24.3 Å². The molecule has 6 nitrogen and oxygen atoms in total. The van der Waals surface area contributed by atoms with Gasteiger partial charge in [0.25, 0.3) is 0 Å². The van der Waals surface area contributed by atoms with Gasteiger partial charge in [-0.3, -0.25) is 4.99 Å². The van der Waals surface area contributed by atoms with E-state index in [2.05, 4.69) is 56.9 Å². The highest BCUT2D eigenvalue weighted by Gasteiger charge is 2.13. The molecule has 3 rings (SSSR count). The maximum absolute atomic E-state index is 5.97. The Labute approximate surface area is 184 Å². The number of halogens is 1. The van der Waals surface area contributed by atoms with E-state index in [-0.39, 0.29) is 24.0 Å². The Kier molecular flexibility index (Phi) is 10.4. The van der Waals surface area contributed by atoms with Gasteiger partial charge in [-0.15, -0.1) is 24.0 Å². The predicted molar refractivity (Wildman–Crippen MR) is 123 cm³/mol. The van der Waals surface area contributed by atoms with Crippen LogP contribution in [0.1, 0.15) is 24.0 Å². The van der Waals surface area contributed by atoms with Crippen LogP contribution in [0.2, 0.25) is 0 Å². The van der Waals surface area contributed by atoms with Crippen molar-refractivity contribution in [2.75, 3.05) is 26.8 Å². The average molecular weight is 498 g/mol. The molecule has 0 aliphatic carbocycles. The standard InChI is InChI=1S/C21H30N4O2.HI/c1-22-21(23-10-13-25-11-2-3-12-25)24-16-18-4-6-19(7-5-18)17-27-20-8-14-26-15-9-20;/h2-7,11-12,20H,8-10,13-17H2,1H3,(H2,22,23,24);1H. The molecule has 0 spiro atoms. The lowest BCUT2D eigenvalue weighted by molar-refractivity contribution is -0.0390. The van der Waals surface area contributed by atoms with E-state index in [9.17, 15) is 0 Å². The van der Waals surface area contributed by atoms with Crippen molar-refractivity contribution in [3.8, 4) is 0 Å². The highest BCUT2D eigenvalue weighted by Crippen LogP contribution is 2.14. The Hall–Kier alpha value is -1.58. The topological polar surface area (TPSA) is 59.8 Å². The number of aromatic nitrogens is 1. The third-order valence-electron chi connectivity index (χ3n) is 4.69. The molecule has 1 aromatic carbocycles. The summed E-state index contributed by atoms with van der Waals surface area (Å²) in [6.07, 6.45) is 6.45. The lowest BCUT2D eigenvalue weighted by Crippen LogP contribution is -2.38. The number of nitrogens with zero attached hydrogens (tertiary/aromatic N) is 2. The van der Waals surface area contributed by atoms with E-state index in [1.165, 1.54) is 11.1 Å². The molecule has 1 aromatic heterocycles. The molecule has 1 aliphatic rings. The zero-order valence-electron chi connectivity index (χ0n) is 16.5. The predicted octanol–water partition coefficient (Wildman–Crippen LogP) is 3.17. The summed E-state index contributed by atoms with van der Waals surface area (Å²) >= 11 is 0. The molecule has 28 heavy (non-hydrogen) atoms. The molecule has 2 aromatic rings. The van der Waals surface area contributed by atoms with Crippen LogP contribution in [-0.4, -0.2) is 43.4 Å². The second-order valence-electron chi connectivity index (χ2n) is 6.71. The van der Waals surface area contributed by atoms with Gasteiger partial charge in [-0.2, -0.15) is 0 Å². The summed E-state index contributed by atoms with van der Waals surface area (Å²) in [6, 6.07) is 12.6. The molecule has 0 saturated carbocycles. The van der Waals surface area contributed by atoms with Gasteiger partial charge in [0.05, 0.1) is 12.7 Å². The molecule has 0 atom stereocenters. The monoisotopic (exact) mass is 498 g/mol. The van der Waals surface area contributed by atoms with Gasteiger partial charge in [-0.25, -0.2) is 0 Å². The Morgan fingerprint density at radius 1 is 1.11 bits per heavy atom. The Balaban J connectivity index is 0.00000280. The zero-order valence-corrected chi connectivity index (χ0v) is 18.8. The molecule has 0 bridgehead atoms. The highest BCUT2D eigenvalue weighted by molar-refractivity contribution is 14.0. The smallest absolute Gasteiger partial charge is 0.191 e. The first-order valence-electron chi connectivity index (χ1n) is 9.66. The first-order valence-corrected chi connectivity index (χ1v) is 9.66. The van der Waals surface area contributed by atoms with E-state index in [0.717, 1.165) is 51.6 Å². The molecular formula is C21H31IN4O2. The van der Waals surface area contributed by atoms with E-state index >= 15 is 0 Å². The number of hydrogen-bond acceptors (Lipinski definition) is 3. The minimum Gasteiger partial charge on any atom is -0.381 e. The summed E-state index contributed by atoms with van der Waals surface area (Å²) in [7, 11) is 1.79. The molecular weight excluding hydrogens is 467 g/mol. The number of aliphatic imine (C=N–C) groups is 1. The molecule has 2 heterocycles. The summed E-state index contributed by atoms with van der Waals surface area (Å²) in [6.45, 7) is 4.78. The van der Waals surface area contributed by atoms with Crippen molar-refractivity contribution in [2.24, 2.45) is 4.99 Å². The van der Waals surface area contributed by atoms with Gasteiger partial charge in [0.1, 0.15) is 0 Å². The van der Waals surface area contributed by atoms with Gasteiger partial charge >= 0.3 is 0 Å². The van der Waals surface area contributed by atoms with Crippen LogP contribution in [0.15, 0.2) is 53.8 Å². The fourth-order valence-electron chi connectivity index (χ4n) is 3.04. The minimum absolute atomic E-state index is 0. The van der Waals surface area contributed by atoms with Crippen LogP contribution >= 0.6 is 24.0 Å². The van der Waals surface area contributed by atoms with E-state index in [4.69, 9.17) is 9.47 Å². The maximum Gasteiger partial charge on any atom is 0.191 e. The number of hydrogen-bond donors (Lipinski definition) is 2. The molecule has 2 N–H and O–H groups in total. The quantitative estimate of drug-likeness (QED) is 0.334. The third-order valence-corrected chi connectivity index (χ3v) is 4.69. The number of rotatable bonds is 8. The van der Waals surface area contributed by atoms with Crippen LogP contribution in [0.3, 0.4) is 0 Å². The van der Waals surface area contributed by atoms with Gasteiger partial charge in [-0.05, 0) is 36.1 Å². The number of benzene rings is 1. The van der Waals surface area contributed by atoms with Crippen molar-refractivity contribution in [2.45, 2.75) is 38.6 Å². The van der Waals surface area contributed by atoms with Crippen LogP contribution in [0, 0.1) is 0 Å². The SMILES string of the molecule is CN=C(NCCn1cccc1)NCc1ccc(COC2CCOCC2)cc1.I. The van der Waals surface area contributed by atoms with Gasteiger partial charge in [0, 0.05) is 52.3 Å². The molecule has 7 heteroatoms. The van der Waals surface area contributed by atoms with E-state index in [0.29, 0.717) is 12.7 Å². The van der Waals surface area contributed by atoms with E-state index in [1.807, 2.05) is 12.1 Å². The number of ether oxygens (including phenoxy) is 2. The molecule has 154 valence electrons. The maximum atomic E-state index is 5.97. The van der Waals surface area contributed by atoms with Crippen molar-refractivity contribution in [1.82, 2.24) is 15.2 Å². The van der Waals surface area contributed by atoms with Crippen LogP contribution in [0.5, 0.6) is 0 Å². The van der Waals surface area contributed by atoms with E-state index in [1.54, 1.807) is 7.05 Å². The summed E-state index contributed by atoms with van der Waals surface area (Å²) in [5, 5.41) is 6.69. The fraction of sp³-hybridized carbons (Fsp3) is 0.476. The summed E-state index contributed by atoms with van der Waals surface area (Å²) in [5.74, 6) is 0.814. The average Bonchev–Trinajstić information content (AvgIpc) is 3.24. The van der Waals surface area contributed by atoms with Crippen LogP contribution in [0.4, 0.5) is 0 Å². The van der Waals surface area contributed by atoms with Crippen molar-refractivity contribution >= 4 is 29.9 Å². The number of guanidine groups is 1. The van der Waals surface area contributed by atoms with Crippen molar-refractivity contribution in [3.05, 3.63) is 59.9 Å². The van der Waals surface area contributed by atoms with Crippen molar-refractivity contribution < 1.29 is 9.47 Å². The number of nitrogens with one attached hydrogen (secondary N) is 2. The summed E-state index contributed by atoms with van der Waals surface area (Å²) in [5.41, 5.74) is 2.43. The Morgan fingerprint density at radius 2 is 1.79 bits per heavy atom. The normalized spacial score (nSPS) is 15.1. The molecule has 1 fully saturated rings. The lowest BCUT2D eigenvalue weighted by Gasteiger charge is -2.22. The third kappa shape index (κ3) is 7.81. The molecule has 0 unspecified atom stereocenters. The zero-order chi connectivity index (χ0) is 18.7. The molecule has 1 saturated heterocycles. The first kappa shape index (κ1) is 22.7. The molecule has 0 radical (unpaired) electrons. The van der Waals surface area contributed by atoms with Crippen molar-refractivity contribution in [1.29, 1.82) is 0 Å². The van der Waals surface area contributed by atoms with Crippen LogP contribution < -0.4 is 10.6 Å². The summed E-state index contributed by atoms with van der Waals surface area (Å²) in [4.78, 5) is 4.28. The van der Waals surface area contributed by atoms with Gasteiger partial charge in [0.15, 0.2) is 5.96 Å². The van der Waals surface area contributed by atoms with E-state index < -0.39 is 0 Å². The van der Waals surface area contributed by atoms with Gasteiger partial charge < -0.3 is 24.7 Å².